The Morgan fingerprint density at radius 1 is 1.14 bits per heavy atom. The van der Waals surface area contributed by atoms with E-state index in [9.17, 15) is 13.2 Å². The second-order valence-corrected chi connectivity index (χ2v) is 9.06. The maximum atomic E-state index is 13.2. The highest BCUT2D eigenvalue weighted by Crippen LogP contribution is 2.40. The molecule has 8 nitrogen and oxygen atoms in total. The lowest BCUT2D eigenvalue weighted by Crippen LogP contribution is -2.41. The molecule has 3 rings (SSSR count). The van der Waals surface area contributed by atoms with E-state index in [1.54, 1.807) is 29.2 Å². The van der Waals surface area contributed by atoms with Gasteiger partial charge in [-0.25, -0.2) is 8.42 Å². The van der Waals surface area contributed by atoms with Crippen LogP contribution in [0.25, 0.3) is 0 Å². The standard InChI is InChI=1S/C20H25NO7S/c1-25-17-7-6-14(19(26-2)20(17)27-3)11-18(22)21(12-16-5-4-9-28-16)15-8-10-29(23,24)13-15/h4-7,9,15H,8,10-13H2,1-3H3. The number of hydrogen-bond acceptors (Lipinski definition) is 7. The van der Waals surface area contributed by atoms with E-state index in [0.717, 1.165) is 0 Å². The highest BCUT2D eigenvalue weighted by atomic mass is 32.2. The second-order valence-electron chi connectivity index (χ2n) is 6.83. The predicted molar refractivity (Wildman–Crippen MR) is 106 cm³/mol. The molecule has 0 N–H and O–H groups in total. The molecule has 9 heteroatoms. The van der Waals surface area contributed by atoms with Crippen LogP contribution < -0.4 is 14.2 Å². The number of benzene rings is 1. The van der Waals surface area contributed by atoms with Gasteiger partial charge in [0.2, 0.25) is 11.7 Å². The summed E-state index contributed by atoms with van der Waals surface area (Å²) < 4.78 is 45.5. The molecule has 1 atom stereocenters. The quantitative estimate of drug-likeness (QED) is 0.641. The summed E-state index contributed by atoms with van der Waals surface area (Å²) in [6.45, 7) is 0.210. The Kier molecular flexibility index (Phi) is 6.36. The molecule has 1 aromatic heterocycles. The third kappa shape index (κ3) is 4.67. The molecular weight excluding hydrogens is 398 g/mol. The van der Waals surface area contributed by atoms with Gasteiger partial charge in [0, 0.05) is 11.6 Å². The number of hydrogen-bond donors (Lipinski definition) is 0. The molecule has 1 aromatic carbocycles. The summed E-state index contributed by atoms with van der Waals surface area (Å²) in [4.78, 5) is 14.8. The number of furan rings is 1. The van der Waals surface area contributed by atoms with Crippen molar-refractivity contribution < 1.29 is 31.8 Å². The van der Waals surface area contributed by atoms with Gasteiger partial charge in [0.1, 0.15) is 5.76 Å². The average Bonchev–Trinajstić information content (AvgIpc) is 3.34. The lowest BCUT2D eigenvalue weighted by molar-refractivity contribution is -0.133. The summed E-state index contributed by atoms with van der Waals surface area (Å²) in [6, 6.07) is 6.57. The van der Waals surface area contributed by atoms with Crippen molar-refractivity contribution in [3.63, 3.8) is 0 Å². The zero-order valence-electron chi connectivity index (χ0n) is 16.7. The van der Waals surface area contributed by atoms with Crippen molar-refractivity contribution in [1.82, 2.24) is 4.90 Å². The average molecular weight is 423 g/mol. The lowest BCUT2D eigenvalue weighted by Gasteiger charge is -2.28. The van der Waals surface area contributed by atoms with Crippen molar-refractivity contribution in [2.45, 2.75) is 25.4 Å². The van der Waals surface area contributed by atoms with Crippen LogP contribution in [0.5, 0.6) is 17.2 Å². The number of rotatable bonds is 8. The molecule has 2 aromatic rings. The van der Waals surface area contributed by atoms with Crippen LogP contribution in [0.3, 0.4) is 0 Å². The molecule has 1 amide bonds. The molecule has 1 unspecified atom stereocenters. The molecule has 2 heterocycles. The minimum Gasteiger partial charge on any atom is -0.493 e. The number of carbonyl (C=O) groups is 1. The van der Waals surface area contributed by atoms with E-state index in [1.807, 2.05) is 0 Å². The largest absolute Gasteiger partial charge is 0.493 e. The number of sulfone groups is 1. The molecule has 0 spiro atoms. The first-order valence-electron chi connectivity index (χ1n) is 9.18. The first-order chi connectivity index (χ1) is 13.9. The first-order valence-corrected chi connectivity index (χ1v) is 11.0. The van der Waals surface area contributed by atoms with Gasteiger partial charge < -0.3 is 23.5 Å². The zero-order valence-corrected chi connectivity index (χ0v) is 17.5. The van der Waals surface area contributed by atoms with E-state index in [-0.39, 0.29) is 36.4 Å². The highest BCUT2D eigenvalue weighted by molar-refractivity contribution is 7.91. The molecule has 0 aliphatic carbocycles. The van der Waals surface area contributed by atoms with E-state index in [1.165, 1.54) is 27.6 Å². The summed E-state index contributed by atoms with van der Waals surface area (Å²) in [6.07, 6.45) is 1.97. The van der Waals surface area contributed by atoms with Gasteiger partial charge in [0.05, 0.1) is 52.1 Å². The fourth-order valence-corrected chi connectivity index (χ4v) is 5.31. The Bertz CT molecular complexity index is 953. The van der Waals surface area contributed by atoms with Crippen LogP contribution in [-0.2, 0) is 27.6 Å². The molecule has 1 aliphatic heterocycles. The van der Waals surface area contributed by atoms with Crippen LogP contribution in [-0.4, -0.2) is 58.1 Å². The van der Waals surface area contributed by atoms with Crippen molar-refractivity contribution in [2.24, 2.45) is 0 Å². The van der Waals surface area contributed by atoms with Gasteiger partial charge in [-0.05, 0) is 24.6 Å². The molecular formula is C20H25NO7S. The summed E-state index contributed by atoms with van der Waals surface area (Å²) in [5.74, 6) is 1.74. The van der Waals surface area contributed by atoms with Crippen LogP contribution in [0, 0.1) is 0 Å². The van der Waals surface area contributed by atoms with Crippen molar-refractivity contribution in [2.75, 3.05) is 32.8 Å². The minimum atomic E-state index is -3.14. The predicted octanol–water partition coefficient (Wildman–Crippen LogP) is 2.06. The number of carbonyl (C=O) groups excluding carboxylic acids is 1. The van der Waals surface area contributed by atoms with Crippen LogP contribution in [0.15, 0.2) is 34.9 Å². The second kappa shape index (κ2) is 8.77. The van der Waals surface area contributed by atoms with Crippen molar-refractivity contribution in [3.05, 3.63) is 41.9 Å². The molecule has 158 valence electrons. The fraction of sp³-hybridized carbons (Fsp3) is 0.450. The zero-order chi connectivity index (χ0) is 21.0. The maximum Gasteiger partial charge on any atom is 0.227 e. The van der Waals surface area contributed by atoms with Crippen LogP contribution in [0.2, 0.25) is 0 Å². The molecule has 0 radical (unpaired) electrons. The van der Waals surface area contributed by atoms with Gasteiger partial charge in [-0.15, -0.1) is 0 Å². The van der Waals surface area contributed by atoms with Crippen LogP contribution in [0.4, 0.5) is 0 Å². The Hall–Kier alpha value is -2.68. The van der Waals surface area contributed by atoms with Gasteiger partial charge in [-0.3, -0.25) is 4.79 Å². The monoisotopic (exact) mass is 423 g/mol. The highest BCUT2D eigenvalue weighted by Gasteiger charge is 2.35. The first kappa shape index (κ1) is 21.0. The summed E-state index contributed by atoms with van der Waals surface area (Å²) in [7, 11) is 1.37. The maximum absolute atomic E-state index is 13.2. The number of nitrogens with zero attached hydrogens (tertiary/aromatic N) is 1. The normalized spacial score (nSPS) is 17.7. The SMILES string of the molecule is COc1ccc(CC(=O)N(Cc2ccco2)C2CCS(=O)(=O)C2)c(OC)c1OC. The van der Waals surface area contributed by atoms with Gasteiger partial charge in [0.15, 0.2) is 21.3 Å². The van der Waals surface area contributed by atoms with Gasteiger partial charge >= 0.3 is 0 Å². The molecule has 1 aliphatic rings. The van der Waals surface area contributed by atoms with Crippen LogP contribution >= 0.6 is 0 Å². The van der Waals surface area contributed by atoms with E-state index in [0.29, 0.717) is 35.0 Å². The van der Waals surface area contributed by atoms with Crippen LogP contribution in [0.1, 0.15) is 17.7 Å². The Labute approximate surface area is 170 Å². The third-order valence-electron chi connectivity index (χ3n) is 5.00. The van der Waals surface area contributed by atoms with Gasteiger partial charge in [-0.1, -0.05) is 6.07 Å². The van der Waals surface area contributed by atoms with Gasteiger partial charge in [-0.2, -0.15) is 0 Å². The summed E-state index contributed by atoms with van der Waals surface area (Å²) in [5.41, 5.74) is 0.625. The number of ether oxygens (including phenoxy) is 3. The fourth-order valence-electron chi connectivity index (χ4n) is 3.58. The van der Waals surface area contributed by atoms with E-state index in [4.69, 9.17) is 18.6 Å². The minimum absolute atomic E-state index is 0.0286. The van der Waals surface area contributed by atoms with E-state index >= 15 is 0 Å². The molecule has 0 saturated carbocycles. The summed E-state index contributed by atoms with van der Waals surface area (Å²) >= 11 is 0. The van der Waals surface area contributed by atoms with E-state index in [2.05, 4.69) is 0 Å². The number of methoxy groups -OCH3 is 3. The molecule has 0 bridgehead atoms. The third-order valence-corrected chi connectivity index (χ3v) is 6.75. The topological polar surface area (TPSA) is 95.3 Å². The molecule has 1 fully saturated rings. The summed E-state index contributed by atoms with van der Waals surface area (Å²) in [5, 5.41) is 0. The Morgan fingerprint density at radius 3 is 2.45 bits per heavy atom. The molecule has 29 heavy (non-hydrogen) atoms. The van der Waals surface area contributed by atoms with Gasteiger partial charge in [0.25, 0.3) is 0 Å². The Balaban J connectivity index is 1.88. The number of amides is 1. The van der Waals surface area contributed by atoms with E-state index < -0.39 is 9.84 Å². The van der Waals surface area contributed by atoms with Crippen molar-refractivity contribution in [1.29, 1.82) is 0 Å². The lowest BCUT2D eigenvalue weighted by atomic mass is 10.1. The van der Waals surface area contributed by atoms with Crippen molar-refractivity contribution >= 4 is 15.7 Å². The Morgan fingerprint density at radius 2 is 1.90 bits per heavy atom. The smallest absolute Gasteiger partial charge is 0.227 e. The molecule has 1 saturated heterocycles. The van der Waals surface area contributed by atoms with Crippen molar-refractivity contribution in [3.8, 4) is 17.2 Å².